The van der Waals surface area contributed by atoms with Crippen LogP contribution < -0.4 is 16.2 Å². The van der Waals surface area contributed by atoms with Gasteiger partial charge in [-0.1, -0.05) is 19.3 Å². The second-order valence-electron chi connectivity index (χ2n) is 3.78. The van der Waals surface area contributed by atoms with E-state index in [2.05, 4.69) is 20.9 Å². The number of hydrazine groups is 1. The molecule has 0 aliphatic heterocycles. The summed E-state index contributed by atoms with van der Waals surface area (Å²) >= 11 is 0. The van der Waals surface area contributed by atoms with Gasteiger partial charge in [0, 0.05) is 6.04 Å². The number of hydrogen-bond donors (Lipinski definition) is 3. The maximum absolute atomic E-state index is 11.3. The molecular formula is C10H19N3O3. The first kappa shape index (κ1) is 12.6. The predicted octanol–water partition coefficient (Wildman–Crippen LogP) is 1.28. The second-order valence-corrected chi connectivity index (χ2v) is 3.78. The highest BCUT2D eigenvalue weighted by atomic mass is 16.6. The molecule has 0 unspecified atom stereocenters. The number of carbonyl (C=O) groups is 2. The minimum absolute atomic E-state index is 0.220. The van der Waals surface area contributed by atoms with E-state index < -0.39 is 6.09 Å². The van der Waals surface area contributed by atoms with Gasteiger partial charge in [0.05, 0.1) is 6.61 Å². The molecule has 1 saturated carbocycles. The summed E-state index contributed by atoms with van der Waals surface area (Å²) in [6.45, 7) is 1.97. The Balaban J connectivity index is 2.12. The van der Waals surface area contributed by atoms with E-state index in [9.17, 15) is 9.59 Å². The fourth-order valence-corrected chi connectivity index (χ4v) is 1.74. The number of nitrogens with one attached hydrogen (secondary N) is 3. The van der Waals surface area contributed by atoms with Crippen LogP contribution in [0.1, 0.15) is 39.0 Å². The SMILES string of the molecule is CCOC(=O)NNC(=O)NC1CCCCC1. The molecule has 0 saturated heterocycles. The van der Waals surface area contributed by atoms with Gasteiger partial charge in [-0.05, 0) is 19.8 Å². The van der Waals surface area contributed by atoms with Gasteiger partial charge in [0.2, 0.25) is 0 Å². The Bertz CT molecular complexity index is 239. The zero-order chi connectivity index (χ0) is 11.8. The van der Waals surface area contributed by atoms with Crippen LogP contribution in [0.15, 0.2) is 0 Å². The smallest absolute Gasteiger partial charge is 0.426 e. The monoisotopic (exact) mass is 229 g/mol. The van der Waals surface area contributed by atoms with Crippen molar-refractivity contribution >= 4 is 12.1 Å². The van der Waals surface area contributed by atoms with E-state index in [0.717, 1.165) is 25.7 Å². The van der Waals surface area contributed by atoms with Gasteiger partial charge in [0.15, 0.2) is 0 Å². The van der Waals surface area contributed by atoms with Gasteiger partial charge in [-0.15, -0.1) is 0 Å². The quantitative estimate of drug-likeness (QED) is 0.624. The Labute approximate surface area is 95.1 Å². The second kappa shape index (κ2) is 6.92. The largest absolute Gasteiger partial charge is 0.449 e. The van der Waals surface area contributed by atoms with E-state index in [1.807, 2.05) is 0 Å². The van der Waals surface area contributed by atoms with Gasteiger partial charge >= 0.3 is 12.1 Å². The summed E-state index contributed by atoms with van der Waals surface area (Å²) in [6.07, 6.45) is 4.90. The molecule has 0 aromatic carbocycles. The highest BCUT2D eigenvalue weighted by Crippen LogP contribution is 2.16. The third-order valence-corrected chi connectivity index (χ3v) is 2.49. The molecule has 1 aliphatic rings. The number of urea groups is 1. The van der Waals surface area contributed by atoms with Crippen molar-refractivity contribution in [3.05, 3.63) is 0 Å². The van der Waals surface area contributed by atoms with Crippen LogP contribution in [0.2, 0.25) is 0 Å². The summed E-state index contributed by atoms with van der Waals surface area (Å²) < 4.78 is 4.59. The van der Waals surface area contributed by atoms with E-state index in [4.69, 9.17) is 0 Å². The molecule has 1 aliphatic carbocycles. The van der Waals surface area contributed by atoms with Gasteiger partial charge in [-0.2, -0.15) is 0 Å². The van der Waals surface area contributed by atoms with Crippen molar-refractivity contribution in [2.75, 3.05) is 6.61 Å². The molecule has 6 nitrogen and oxygen atoms in total. The number of carbonyl (C=O) groups excluding carboxylic acids is 2. The van der Waals surface area contributed by atoms with E-state index in [1.54, 1.807) is 6.92 Å². The van der Waals surface area contributed by atoms with Gasteiger partial charge in [-0.3, -0.25) is 0 Å². The third kappa shape index (κ3) is 4.86. The molecule has 0 atom stereocenters. The van der Waals surface area contributed by atoms with Crippen LogP contribution in [0.5, 0.6) is 0 Å². The van der Waals surface area contributed by atoms with Crippen molar-refractivity contribution in [1.82, 2.24) is 16.2 Å². The lowest BCUT2D eigenvalue weighted by molar-refractivity contribution is 0.147. The Morgan fingerprint density at radius 2 is 1.88 bits per heavy atom. The molecule has 3 amide bonds. The Kier molecular flexibility index (Phi) is 5.45. The lowest BCUT2D eigenvalue weighted by atomic mass is 9.96. The predicted molar refractivity (Wildman–Crippen MR) is 58.7 cm³/mol. The molecule has 6 heteroatoms. The zero-order valence-corrected chi connectivity index (χ0v) is 9.54. The van der Waals surface area contributed by atoms with Crippen molar-refractivity contribution in [3.63, 3.8) is 0 Å². The van der Waals surface area contributed by atoms with Gasteiger partial charge in [0.25, 0.3) is 0 Å². The first-order valence-electron chi connectivity index (χ1n) is 5.71. The van der Waals surface area contributed by atoms with Crippen molar-refractivity contribution < 1.29 is 14.3 Å². The molecule has 0 bridgehead atoms. The van der Waals surface area contributed by atoms with Gasteiger partial charge < -0.3 is 10.1 Å². The van der Waals surface area contributed by atoms with Crippen LogP contribution in [-0.2, 0) is 4.74 Å². The van der Waals surface area contributed by atoms with Gasteiger partial charge in [-0.25, -0.2) is 20.4 Å². The topological polar surface area (TPSA) is 79.5 Å². The summed E-state index contributed by atoms with van der Waals surface area (Å²) in [5, 5.41) is 2.80. The number of hydrogen-bond acceptors (Lipinski definition) is 3. The molecule has 92 valence electrons. The molecule has 0 radical (unpaired) electrons. The van der Waals surface area contributed by atoms with Crippen LogP contribution in [0.3, 0.4) is 0 Å². The third-order valence-electron chi connectivity index (χ3n) is 2.49. The molecule has 16 heavy (non-hydrogen) atoms. The molecule has 0 aromatic heterocycles. The van der Waals surface area contributed by atoms with Crippen molar-refractivity contribution in [2.24, 2.45) is 0 Å². The average molecular weight is 229 g/mol. The van der Waals surface area contributed by atoms with Crippen LogP contribution in [0, 0.1) is 0 Å². The maximum Gasteiger partial charge on any atom is 0.426 e. The van der Waals surface area contributed by atoms with Gasteiger partial charge in [0.1, 0.15) is 0 Å². The average Bonchev–Trinajstić information content (AvgIpc) is 2.28. The molecule has 3 N–H and O–H groups in total. The van der Waals surface area contributed by atoms with Crippen molar-refractivity contribution in [1.29, 1.82) is 0 Å². The van der Waals surface area contributed by atoms with E-state index in [1.165, 1.54) is 6.42 Å². The maximum atomic E-state index is 11.3. The molecule has 0 spiro atoms. The van der Waals surface area contributed by atoms with Crippen LogP contribution in [-0.4, -0.2) is 24.8 Å². The molecule has 0 aromatic rings. The summed E-state index contributed by atoms with van der Waals surface area (Å²) in [5.41, 5.74) is 4.39. The van der Waals surface area contributed by atoms with Crippen LogP contribution in [0.25, 0.3) is 0 Å². The van der Waals surface area contributed by atoms with E-state index in [0.29, 0.717) is 0 Å². The number of ether oxygens (including phenoxy) is 1. The Hall–Kier alpha value is -1.46. The normalized spacial score (nSPS) is 16.3. The van der Waals surface area contributed by atoms with Crippen LogP contribution >= 0.6 is 0 Å². The van der Waals surface area contributed by atoms with Crippen molar-refractivity contribution in [3.8, 4) is 0 Å². The summed E-state index contributed by atoms with van der Waals surface area (Å²) in [6, 6.07) is -0.169. The standard InChI is InChI=1S/C10H19N3O3/c1-2-16-10(15)13-12-9(14)11-8-6-4-3-5-7-8/h8H,2-7H2,1H3,(H,13,15)(H2,11,12,14). The van der Waals surface area contributed by atoms with E-state index >= 15 is 0 Å². The first-order chi connectivity index (χ1) is 7.72. The Morgan fingerprint density at radius 3 is 2.50 bits per heavy atom. The number of amides is 3. The fraction of sp³-hybridized carbons (Fsp3) is 0.800. The van der Waals surface area contributed by atoms with E-state index in [-0.39, 0.29) is 18.7 Å². The fourth-order valence-electron chi connectivity index (χ4n) is 1.74. The lowest BCUT2D eigenvalue weighted by Gasteiger charge is -2.22. The summed E-state index contributed by atoms with van der Waals surface area (Å²) in [7, 11) is 0. The Morgan fingerprint density at radius 1 is 1.19 bits per heavy atom. The highest BCUT2D eigenvalue weighted by molar-refractivity contribution is 5.77. The molecule has 0 heterocycles. The highest BCUT2D eigenvalue weighted by Gasteiger charge is 2.15. The van der Waals surface area contributed by atoms with Crippen LogP contribution in [0.4, 0.5) is 9.59 Å². The van der Waals surface area contributed by atoms with Crippen molar-refractivity contribution in [2.45, 2.75) is 45.1 Å². The number of rotatable bonds is 2. The molecule has 1 fully saturated rings. The first-order valence-corrected chi connectivity index (χ1v) is 5.71. The minimum atomic E-state index is -0.652. The minimum Gasteiger partial charge on any atom is -0.449 e. The lowest BCUT2D eigenvalue weighted by Crippen LogP contribution is -2.50. The summed E-state index contributed by atoms with van der Waals surface area (Å²) in [5.74, 6) is 0. The molecule has 1 rings (SSSR count). The zero-order valence-electron chi connectivity index (χ0n) is 9.54. The molecular weight excluding hydrogens is 210 g/mol. The summed E-state index contributed by atoms with van der Waals surface area (Å²) in [4.78, 5) is 22.2.